The minimum atomic E-state index is -0.166. The highest BCUT2D eigenvalue weighted by Gasteiger charge is 2.15. The number of anilines is 1. The smallest absolute Gasteiger partial charge is 0.231 e. The summed E-state index contributed by atoms with van der Waals surface area (Å²) in [6.07, 6.45) is 4.27. The van der Waals surface area contributed by atoms with E-state index in [0.29, 0.717) is 5.88 Å². The summed E-state index contributed by atoms with van der Waals surface area (Å²) >= 11 is 0. The molecule has 0 fully saturated rings. The van der Waals surface area contributed by atoms with Gasteiger partial charge in [-0.05, 0) is 24.1 Å². The Kier molecular flexibility index (Phi) is 4.02. The molecular formula is C18H18N2O3. The number of nitrogens with zero attached hydrogens (tertiary/aromatic N) is 1. The van der Waals surface area contributed by atoms with Crippen molar-refractivity contribution in [1.29, 1.82) is 0 Å². The van der Waals surface area contributed by atoms with Gasteiger partial charge in [-0.25, -0.2) is 0 Å². The van der Waals surface area contributed by atoms with Crippen molar-refractivity contribution < 1.29 is 14.0 Å². The predicted octanol–water partition coefficient (Wildman–Crippen LogP) is 3.64. The van der Waals surface area contributed by atoms with E-state index in [9.17, 15) is 9.59 Å². The van der Waals surface area contributed by atoms with Gasteiger partial charge in [0.2, 0.25) is 17.7 Å². The number of rotatable bonds is 4. The molecule has 5 heteroatoms. The molecule has 1 N–H and O–H groups in total. The van der Waals surface area contributed by atoms with Crippen LogP contribution >= 0.6 is 0 Å². The van der Waals surface area contributed by atoms with Gasteiger partial charge in [0, 0.05) is 24.1 Å². The molecule has 5 nitrogen and oxygen atoms in total. The standard InChI is InChI=1S/C18H18N2O3/c1-3-13-8-9-23-18(13)19-17(22)10-14-11-20(12(2)21)16-7-5-4-6-15(14)16/h4-9,11H,3,10H2,1-2H3,(H,19,22). The van der Waals surface area contributed by atoms with E-state index in [1.54, 1.807) is 17.0 Å². The van der Waals surface area contributed by atoms with Gasteiger partial charge in [0.15, 0.2) is 0 Å². The Labute approximate surface area is 133 Å². The van der Waals surface area contributed by atoms with Gasteiger partial charge < -0.3 is 4.42 Å². The Balaban J connectivity index is 1.87. The number of amides is 1. The molecule has 0 saturated heterocycles. The minimum absolute atomic E-state index is 0.0767. The molecule has 0 aliphatic carbocycles. The number of nitrogens with one attached hydrogen (secondary N) is 1. The van der Waals surface area contributed by atoms with Gasteiger partial charge in [-0.15, -0.1) is 0 Å². The maximum Gasteiger partial charge on any atom is 0.231 e. The molecule has 1 aromatic carbocycles. The van der Waals surface area contributed by atoms with Crippen LogP contribution in [0.1, 0.15) is 29.8 Å². The number of hydrogen-bond donors (Lipinski definition) is 1. The molecule has 2 aromatic heterocycles. The number of benzene rings is 1. The lowest BCUT2D eigenvalue weighted by atomic mass is 10.1. The van der Waals surface area contributed by atoms with Gasteiger partial charge in [-0.1, -0.05) is 25.1 Å². The number of para-hydroxylation sites is 1. The van der Waals surface area contributed by atoms with Gasteiger partial charge in [-0.3, -0.25) is 19.5 Å². The van der Waals surface area contributed by atoms with Gasteiger partial charge in [0.05, 0.1) is 18.2 Å². The molecule has 0 aliphatic rings. The fraction of sp³-hybridized carbons (Fsp3) is 0.222. The number of fused-ring (bicyclic) bond motifs is 1. The van der Waals surface area contributed by atoms with Crippen LogP contribution in [0.15, 0.2) is 47.2 Å². The molecule has 0 unspecified atom stereocenters. The molecule has 0 saturated carbocycles. The van der Waals surface area contributed by atoms with Crippen molar-refractivity contribution in [3.8, 4) is 0 Å². The van der Waals surface area contributed by atoms with E-state index in [1.165, 1.54) is 6.92 Å². The largest absolute Gasteiger partial charge is 0.448 e. The van der Waals surface area contributed by atoms with E-state index in [2.05, 4.69) is 5.32 Å². The zero-order valence-electron chi connectivity index (χ0n) is 13.1. The van der Waals surface area contributed by atoms with E-state index in [4.69, 9.17) is 4.42 Å². The zero-order valence-corrected chi connectivity index (χ0v) is 13.1. The SMILES string of the molecule is CCc1ccoc1NC(=O)Cc1cn(C(C)=O)c2ccccc12. The van der Waals surface area contributed by atoms with Crippen molar-refractivity contribution in [1.82, 2.24) is 4.57 Å². The van der Waals surface area contributed by atoms with Gasteiger partial charge in [0.1, 0.15) is 0 Å². The average Bonchev–Trinajstić information content (AvgIpc) is 3.12. The summed E-state index contributed by atoms with van der Waals surface area (Å²) in [6, 6.07) is 9.41. The normalized spacial score (nSPS) is 10.9. The third kappa shape index (κ3) is 2.90. The quantitative estimate of drug-likeness (QED) is 0.800. The fourth-order valence-corrected chi connectivity index (χ4v) is 2.72. The first-order valence-corrected chi connectivity index (χ1v) is 7.56. The Bertz CT molecular complexity index is 873. The second kappa shape index (κ2) is 6.12. The van der Waals surface area contributed by atoms with Crippen LogP contribution in [-0.2, 0) is 17.6 Å². The van der Waals surface area contributed by atoms with Gasteiger partial charge in [-0.2, -0.15) is 0 Å². The van der Waals surface area contributed by atoms with Crippen LogP contribution < -0.4 is 5.32 Å². The molecule has 0 spiro atoms. The van der Waals surface area contributed by atoms with Crippen LogP contribution in [0.4, 0.5) is 5.88 Å². The van der Waals surface area contributed by atoms with E-state index in [1.807, 2.05) is 37.3 Å². The lowest BCUT2D eigenvalue weighted by molar-refractivity contribution is -0.115. The van der Waals surface area contributed by atoms with Crippen LogP contribution in [0.5, 0.6) is 0 Å². The van der Waals surface area contributed by atoms with E-state index in [-0.39, 0.29) is 18.2 Å². The second-order valence-electron chi connectivity index (χ2n) is 5.41. The fourth-order valence-electron chi connectivity index (χ4n) is 2.72. The number of carbonyl (C=O) groups is 2. The average molecular weight is 310 g/mol. The van der Waals surface area contributed by atoms with Crippen LogP contribution in [-0.4, -0.2) is 16.4 Å². The van der Waals surface area contributed by atoms with Crippen molar-refractivity contribution >= 4 is 28.6 Å². The molecule has 23 heavy (non-hydrogen) atoms. The van der Waals surface area contributed by atoms with Gasteiger partial charge >= 0.3 is 0 Å². The molecule has 0 atom stereocenters. The maximum absolute atomic E-state index is 12.3. The summed E-state index contributed by atoms with van der Waals surface area (Å²) in [7, 11) is 0. The highest BCUT2D eigenvalue weighted by molar-refractivity contribution is 5.98. The maximum atomic E-state index is 12.3. The third-order valence-electron chi connectivity index (χ3n) is 3.87. The Hall–Kier alpha value is -2.82. The lowest BCUT2D eigenvalue weighted by Gasteiger charge is -2.03. The summed E-state index contributed by atoms with van der Waals surface area (Å²) in [5.74, 6) is 0.251. The Morgan fingerprint density at radius 1 is 1.17 bits per heavy atom. The molecule has 1 amide bonds. The monoisotopic (exact) mass is 310 g/mol. The first-order chi connectivity index (χ1) is 11.1. The van der Waals surface area contributed by atoms with Crippen molar-refractivity contribution in [2.75, 3.05) is 5.32 Å². The van der Waals surface area contributed by atoms with Crippen molar-refractivity contribution in [3.63, 3.8) is 0 Å². The zero-order chi connectivity index (χ0) is 16.4. The van der Waals surface area contributed by atoms with E-state index in [0.717, 1.165) is 28.5 Å². The predicted molar refractivity (Wildman–Crippen MR) is 88.7 cm³/mol. The highest BCUT2D eigenvalue weighted by Crippen LogP contribution is 2.23. The van der Waals surface area contributed by atoms with Crippen molar-refractivity contribution in [2.45, 2.75) is 26.7 Å². The molecule has 3 rings (SSSR count). The summed E-state index contributed by atoms with van der Waals surface area (Å²) < 4.78 is 6.88. The molecule has 0 aliphatic heterocycles. The molecule has 2 heterocycles. The Morgan fingerprint density at radius 2 is 1.96 bits per heavy atom. The van der Waals surface area contributed by atoms with Crippen LogP contribution in [0, 0.1) is 0 Å². The number of aromatic nitrogens is 1. The van der Waals surface area contributed by atoms with Crippen LogP contribution in [0.3, 0.4) is 0 Å². The molecule has 0 radical (unpaired) electrons. The minimum Gasteiger partial charge on any atom is -0.448 e. The Morgan fingerprint density at radius 3 is 2.70 bits per heavy atom. The van der Waals surface area contributed by atoms with Crippen LogP contribution in [0.2, 0.25) is 0 Å². The molecule has 118 valence electrons. The first-order valence-electron chi connectivity index (χ1n) is 7.56. The summed E-state index contributed by atoms with van der Waals surface area (Å²) in [6.45, 7) is 3.51. The summed E-state index contributed by atoms with van der Waals surface area (Å²) in [5, 5.41) is 3.70. The third-order valence-corrected chi connectivity index (χ3v) is 3.87. The molecule has 0 bridgehead atoms. The molecule has 3 aromatic rings. The highest BCUT2D eigenvalue weighted by atomic mass is 16.3. The number of furan rings is 1. The second-order valence-corrected chi connectivity index (χ2v) is 5.41. The first kappa shape index (κ1) is 15.1. The topological polar surface area (TPSA) is 64.2 Å². The number of aryl methyl sites for hydroxylation is 1. The lowest BCUT2D eigenvalue weighted by Crippen LogP contribution is -2.14. The molecular weight excluding hydrogens is 292 g/mol. The number of carbonyl (C=O) groups excluding carboxylic acids is 2. The van der Waals surface area contributed by atoms with E-state index < -0.39 is 0 Å². The summed E-state index contributed by atoms with van der Waals surface area (Å²) in [5.41, 5.74) is 2.59. The van der Waals surface area contributed by atoms with E-state index >= 15 is 0 Å². The van der Waals surface area contributed by atoms with Crippen LogP contribution in [0.25, 0.3) is 10.9 Å². The summed E-state index contributed by atoms with van der Waals surface area (Å²) in [4.78, 5) is 24.1. The van der Waals surface area contributed by atoms with Crippen molar-refractivity contribution in [2.24, 2.45) is 0 Å². The number of hydrogen-bond acceptors (Lipinski definition) is 3. The van der Waals surface area contributed by atoms with Crippen molar-refractivity contribution in [3.05, 3.63) is 53.9 Å². The van der Waals surface area contributed by atoms with Gasteiger partial charge in [0.25, 0.3) is 0 Å².